The van der Waals surface area contributed by atoms with Crippen LogP contribution < -0.4 is 0 Å². The second-order valence-electron chi connectivity index (χ2n) is 4.75. The first-order valence-electron chi connectivity index (χ1n) is 5.85. The van der Waals surface area contributed by atoms with Crippen LogP contribution in [-0.4, -0.2) is 47.6 Å². The molecule has 0 aromatic carbocycles. The van der Waals surface area contributed by atoms with Gasteiger partial charge in [0.05, 0.1) is 18.2 Å². The molecule has 1 aliphatic rings. The summed E-state index contributed by atoms with van der Waals surface area (Å²) in [7, 11) is 0. The molecule has 4 nitrogen and oxygen atoms in total. The highest BCUT2D eigenvalue weighted by Crippen LogP contribution is 2.17. The molecule has 1 unspecified atom stereocenters. The molecule has 16 heavy (non-hydrogen) atoms. The molecule has 88 valence electrons. The molecular weight excluding hydrogens is 200 g/mol. The lowest BCUT2D eigenvalue weighted by Crippen LogP contribution is -2.55. The first-order valence-corrected chi connectivity index (χ1v) is 5.85. The van der Waals surface area contributed by atoms with Gasteiger partial charge >= 0.3 is 0 Å². The van der Waals surface area contributed by atoms with Crippen molar-refractivity contribution in [1.82, 2.24) is 9.80 Å². The van der Waals surface area contributed by atoms with Gasteiger partial charge in [0.25, 0.3) is 0 Å². The Bertz CT molecular complexity index is 302. The summed E-state index contributed by atoms with van der Waals surface area (Å²) >= 11 is 0. The van der Waals surface area contributed by atoms with Crippen molar-refractivity contribution in [1.29, 1.82) is 10.5 Å². The van der Waals surface area contributed by atoms with Crippen LogP contribution in [0, 0.1) is 22.7 Å². The average Bonchev–Trinajstić information content (AvgIpc) is 2.31. The van der Waals surface area contributed by atoms with Gasteiger partial charge in [-0.3, -0.25) is 9.80 Å². The lowest BCUT2D eigenvalue weighted by molar-refractivity contribution is 0.0674. The quantitative estimate of drug-likeness (QED) is 0.717. The Morgan fingerprint density at radius 3 is 2.12 bits per heavy atom. The lowest BCUT2D eigenvalue weighted by atomic mass is 10.0. The van der Waals surface area contributed by atoms with E-state index in [0.29, 0.717) is 0 Å². The molecule has 1 saturated heterocycles. The Balaban J connectivity index is 2.53. The zero-order valence-electron chi connectivity index (χ0n) is 10.4. The van der Waals surface area contributed by atoms with Crippen LogP contribution in [0.4, 0.5) is 0 Å². The molecule has 1 atom stereocenters. The van der Waals surface area contributed by atoms with Crippen LogP contribution >= 0.6 is 0 Å². The van der Waals surface area contributed by atoms with E-state index in [9.17, 15) is 0 Å². The monoisotopic (exact) mass is 220 g/mol. The average molecular weight is 220 g/mol. The maximum atomic E-state index is 9.06. The van der Waals surface area contributed by atoms with Crippen LogP contribution in [0.1, 0.15) is 27.2 Å². The van der Waals surface area contributed by atoms with Gasteiger partial charge in [-0.15, -0.1) is 0 Å². The summed E-state index contributed by atoms with van der Waals surface area (Å²) in [4.78, 5) is 4.40. The molecule has 4 heteroatoms. The second-order valence-corrected chi connectivity index (χ2v) is 4.75. The number of piperazine rings is 1. The highest BCUT2D eigenvalue weighted by atomic mass is 15.3. The van der Waals surface area contributed by atoms with Crippen molar-refractivity contribution < 1.29 is 0 Å². The van der Waals surface area contributed by atoms with E-state index in [1.54, 1.807) is 0 Å². The Morgan fingerprint density at radius 2 is 1.75 bits per heavy atom. The van der Waals surface area contributed by atoms with Gasteiger partial charge < -0.3 is 0 Å². The maximum Gasteiger partial charge on any atom is 0.103 e. The van der Waals surface area contributed by atoms with Gasteiger partial charge in [-0.1, -0.05) is 6.92 Å². The highest BCUT2D eigenvalue weighted by Gasteiger charge is 2.31. The summed E-state index contributed by atoms with van der Waals surface area (Å²) in [5.74, 6) is 0. The van der Waals surface area contributed by atoms with E-state index >= 15 is 0 Å². The van der Waals surface area contributed by atoms with Gasteiger partial charge in [-0.2, -0.15) is 10.5 Å². The molecule has 1 aliphatic heterocycles. The number of nitrogens with zero attached hydrogens (tertiary/aromatic N) is 4. The first kappa shape index (κ1) is 13.0. The molecule has 0 spiro atoms. The lowest BCUT2D eigenvalue weighted by Gasteiger charge is -2.41. The van der Waals surface area contributed by atoms with E-state index in [-0.39, 0.29) is 11.6 Å². The van der Waals surface area contributed by atoms with Crippen LogP contribution in [0.2, 0.25) is 0 Å². The van der Waals surface area contributed by atoms with Crippen molar-refractivity contribution in [3.05, 3.63) is 0 Å². The van der Waals surface area contributed by atoms with Gasteiger partial charge in [0.1, 0.15) is 5.54 Å². The van der Waals surface area contributed by atoms with E-state index in [1.165, 1.54) is 0 Å². The molecule has 1 heterocycles. The Kier molecular flexibility index (Phi) is 4.29. The standard InChI is InChI=1S/C12H20N4/c1-4-11(9-13)15-5-7-16(8-6-15)12(2,3)10-14/h11H,4-8H2,1-3H3. The Hall–Kier alpha value is -1.10. The molecule has 0 bridgehead atoms. The van der Waals surface area contributed by atoms with Crippen molar-refractivity contribution in [2.45, 2.75) is 38.8 Å². The highest BCUT2D eigenvalue weighted by molar-refractivity contribution is 5.03. The number of hydrogen-bond acceptors (Lipinski definition) is 4. The largest absolute Gasteiger partial charge is 0.286 e. The number of hydrogen-bond donors (Lipinski definition) is 0. The fourth-order valence-corrected chi connectivity index (χ4v) is 2.09. The summed E-state index contributed by atoms with van der Waals surface area (Å²) < 4.78 is 0. The second kappa shape index (κ2) is 5.30. The van der Waals surface area contributed by atoms with Crippen LogP contribution in [0.15, 0.2) is 0 Å². The molecule has 0 N–H and O–H groups in total. The predicted molar refractivity (Wildman–Crippen MR) is 62.5 cm³/mol. The summed E-state index contributed by atoms with van der Waals surface area (Å²) in [5, 5.41) is 18.0. The molecular formula is C12H20N4. The van der Waals surface area contributed by atoms with E-state index < -0.39 is 0 Å². The molecule has 0 aromatic heterocycles. The Labute approximate surface area is 98.1 Å². The van der Waals surface area contributed by atoms with Gasteiger partial charge in [0, 0.05) is 26.2 Å². The smallest absolute Gasteiger partial charge is 0.103 e. The maximum absolute atomic E-state index is 9.06. The normalized spacial score (nSPS) is 21.1. The van der Waals surface area contributed by atoms with Crippen molar-refractivity contribution in [3.63, 3.8) is 0 Å². The first-order chi connectivity index (χ1) is 7.55. The van der Waals surface area contributed by atoms with Gasteiger partial charge in [-0.25, -0.2) is 0 Å². The molecule has 0 radical (unpaired) electrons. The Morgan fingerprint density at radius 1 is 1.19 bits per heavy atom. The van der Waals surface area contributed by atoms with Crippen LogP contribution in [0.5, 0.6) is 0 Å². The zero-order chi connectivity index (χ0) is 12.2. The molecule has 0 aromatic rings. The van der Waals surface area contributed by atoms with E-state index in [4.69, 9.17) is 10.5 Å². The van der Waals surface area contributed by atoms with Crippen LogP contribution in [-0.2, 0) is 0 Å². The molecule has 1 rings (SSSR count). The van der Waals surface area contributed by atoms with Gasteiger partial charge in [0.15, 0.2) is 0 Å². The molecule has 0 saturated carbocycles. The molecule has 1 fully saturated rings. The van der Waals surface area contributed by atoms with Crippen molar-refractivity contribution in [2.24, 2.45) is 0 Å². The van der Waals surface area contributed by atoms with E-state index in [2.05, 4.69) is 21.9 Å². The predicted octanol–water partition coefficient (Wildman–Crippen LogP) is 1.21. The molecule has 0 aliphatic carbocycles. The summed E-state index contributed by atoms with van der Waals surface area (Å²) in [6.45, 7) is 9.46. The third-order valence-corrected chi connectivity index (χ3v) is 3.35. The minimum atomic E-state index is -0.388. The summed E-state index contributed by atoms with van der Waals surface area (Å²) in [5.41, 5.74) is -0.388. The van der Waals surface area contributed by atoms with Crippen LogP contribution in [0.25, 0.3) is 0 Å². The zero-order valence-corrected chi connectivity index (χ0v) is 10.4. The molecule has 0 amide bonds. The van der Waals surface area contributed by atoms with Crippen molar-refractivity contribution >= 4 is 0 Å². The summed E-state index contributed by atoms with van der Waals surface area (Å²) in [6.07, 6.45) is 0.873. The van der Waals surface area contributed by atoms with Crippen LogP contribution in [0.3, 0.4) is 0 Å². The third-order valence-electron chi connectivity index (χ3n) is 3.35. The van der Waals surface area contributed by atoms with Crippen molar-refractivity contribution in [3.8, 4) is 12.1 Å². The summed E-state index contributed by atoms with van der Waals surface area (Å²) in [6, 6.07) is 4.69. The van der Waals surface area contributed by atoms with Crippen molar-refractivity contribution in [2.75, 3.05) is 26.2 Å². The SMILES string of the molecule is CCC(C#N)N1CCN(C(C)(C)C#N)CC1. The topological polar surface area (TPSA) is 54.1 Å². The van der Waals surface area contributed by atoms with E-state index in [1.807, 2.05) is 20.8 Å². The van der Waals surface area contributed by atoms with Gasteiger partial charge in [0.2, 0.25) is 0 Å². The number of rotatable bonds is 3. The minimum absolute atomic E-state index is 0.0346. The fraction of sp³-hybridized carbons (Fsp3) is 0.833. The fourth-order valence-electron chi connectivity index (χ4n) is 2.09. The number of nitriles is 2. The third kappa shape index (κ3) is 2.72. The minimum Gasteiger partial charge on any atom is -0.286 e. The van der Waals surface area contributed by atoms with Gasteiger partial charge in [-0.05, 0) is 20.3 Å². The van der Waals surface area contributed by atoms with E-state index in [0.717, 1.165) is 32.6 Å².